The van der Waals surface area contributed by atoms with Crippen molar-refractivity contribution in [3.8, 4) is 6.07 Å². The lowest BCUT2D eigenvalue weighted by Gasteiger charge is -2.31. The fourth-order valence-corrected chi connectivity index (χ4v) is 0.680. The van der Waals surface area contributed by atoms with E-state index in [1.807, 2.05) is 6.92 Å². The second-order valence-electron chi connectivity index (χ2n) is 2.29. The van der Waals surface area contributed by atoms with Crippen LogP contribution in [0.2, 0.25) is 0 Å². The van der Waals surface area contributed by atoms with Crippen molar-refractivity contribution in [1.82, 2.24) is 4.90 Å². The minimum Gasteiger partial charge on any atom is -0.342 e. The molecule has 0 spiro atoms. The Morgan fingerprint density at radius 3 is 2.55 bits per heavy atom. The molecule has 0 aromatic rings. The predicted molar refractivity (Wildman–Crippen MR) is 41.5 cm³/mol. The Labute approximate surface area is 66.6 Å². The number of nitrogens with zero attached hydrogens (tertiary/aromatic N) is 2. The molecule has 1 amide bonds. The summed E-state index contributed by atoms with van der Waals surface area (Å²) >= 11 is 0. The van der Waals surface area contributed by atoms with Gasteiger partial charge in [0.15, 0.2) is 0 Å². The molecule has 62 valence electrons. The maximum Gasteiger partial charge on any atom is 0.209 e. The van der Waals surface area contributed by atoms with Gasteiger partial charge < -0.3 is 10.6 Å². The first-order valence-corrected chi connectivity index (χ1v) is 3.57. The minimum absolute atomic E-state index is 0.0974. The third kappa shape index (κ3) is 3.58. The van der Waals surface area contributed by atoms with E-state index in [1.165, 1.54) is 0 Å². The van der Waals surface area contributed by atoms with Crippen molar-refractivity contribution in [1.29, 1.82) is 5.26 Å². The molecule has 11 heavy (non-hydrogen) atoms. The Kier molecular flexibility index (Phi) is 5.13. The lowest BCUT2D eigenvalue weighted by Crippen LogP contribution is -2.44. The van der Waals surface area contributed by atoms with Crippen molar-refractivity contribution < 1.29 is 4.79 Å². The summed E-state index contributed by atoms with van der Waals surface area (Å²) in [5.74, 6) is 0.0974. The van der Waals surface area contributed by atoms with E-state index in [9.17, 15) is 4.79 Å². The molecule has 1 fully saturated rings. The van der Waals surface area contributed by atoms with Gasteiger partial charge in [-0.25, -0.2) is 0 Å². The summed E-state index contributed by atoms with van der Waals surface area (Å²) in [5, 5.41) is 8.21. The lowest BCUT2D eigenvalue weighted by atomic mass is 10.0. The molecular formula is C7H13N3O. The standard InChI is InChI=1S/C5H6N2O.C2H7N/c6-1-5-2-7(3-5)4-8;1-2-3/h4-5H,2-3H2;2-3H2,1H3. The lowest BCUT2D eigenvalue weighted by molar-refractivity contribution is -0.122. The minimum atomic E-state index is 0.0974. The fourth-order valence-electron chi connectivity index (χ4n) is 0.680. The summed E-state index contributed by atoms with van der Waals surface area (Å²) in [6.07, 6.45) is 0.772. The van der Waals surface area contributed by atoms with Crippen LogP contribution in [0.1, 0.15) is 6.92 Å². The van der Waals surface area contributed by atoms with Gasteiger partial charge in [0.05, 0.1) is 12.0 Å². The number of nitriles is 1. The largest absolute Gasteiger partial charge is 0.342 e. The van der Waals surface area contributed by atoms with Gasteiger partial charge in [-0.1, -0.05) is 6.92 Å². The average molecular weight is 155 g/mol. The van der Waals surface area contributed by atoms with E-state index in [1.54, 1.807) is 4.90 Å². The molecule has 0 aromatic heterocycles. The highest BCUT2D eigenvalue weighted by atomic mass is 16.1. The first-order chi connectivity index (χ1) is 5.28. The van der Waals surface area contributed by atoms with Gasteiger partial charge in [-0.2, -0.15) is 5.26 Å². The van der Waals surface area contributed by atoms with Crippen LogP contribution in [-0.4, -0.2) is 30.9 Å². The summed E-state index contributed by atoms with van der Waals surface area (Å²) in [5.41, 5.74) is 4.85. The highest BCUT2D eigenvalue weighted by molar-refractivity contribution is 5.49. The summed E-state index contributed by atoms with van der Waals surface area (Å²) in [6, 6.07) is 2.07. The van der Waals surface area contributed by atoms with Crippen molar-refractivity contribution in [3.05, 3.63) is 0 Å². The van der Waals surface area contributed by atoms with E-state index in [2.05, 4.69) is 6.07 Å². The Morgan fingerprint density at radius 1 is 1.82 bits per heavy atom. The topological polar surface area (TPSA) is 70.1 Å². The molecule has 0 saturated carbocycles. The van der Waals surface area contributed by atoms with Gasteiger partial charge in [0, 0.05) is 13.1 Å². The molecular weight excluding hydrogens is 142 g/mol. The third-order valence-corrected chi connectivity index (χ3v) is 1.24. The number of rotatable bonds is 1. The van der Waals surface area contributed by atoms with Crippen molar-refractivity contribution in [2.24, 2.45) is 11.7 Å². The highest BCUT2D eigenvalue weighted by Crippen LogP contribution is 2.10. The highest BCUT2D eigenvalue weighted by Gasteiger charge is 2.23. The van der Waals surface area contributed by atoms with Crippen LogP contribution in [0, 0.1) is 17.2 Å². The summed E-state index contributed by atoms with van der Waals surface area (Å²) in [7, 11) is 0. The van der Waals surface area contributed by atoms with Gasteiger partial charge in [-0.3, -0.25) is 4.79 Å². The van der Waals surface area contributed by atoms with Crippen molar-refractivity contribution in [2.75, 3.05) is 19.6 Å². The zero-order valence-electron chi connectivity index (χ0n) is 6.66. The van der Waals surface area contributed by atoms with Gasteiger partial charge in [0.25, 0.3) is 0 Å². The zero-order valence-corrected chi connectivity index (χ0v) is 6.66. The summed E-state index contributed by atoms with van der Waals surface area (Å²) in [4.78, 5) is 11.4. The van der Waals surface area contributed by atoms with Crippen molar-refractivity contribution in [2.45, 2.75) is 6.92 Å². The second-order valence-corrected chi connectivity index (χ2v) is 2.29. The zero-order chi connectivity index (χ0) is 8.69. The van der Waals surface area contributed by atoms with Gasteiger partial charge in [-0.05, 0) is 6.54 Å². The van der Waals surface area contributed by atoms with Crippen LogP contribution in [0.25, 0.3) is 0 Å². The number of nitrogens with two attached hydrogens (primary N) is 1. The Morgan fingerprint density at radius 2 is 2.27 bits per heavy atom. The van der Waals surface area contributed by atoms with Gasteiger partial charge in [0.2, 0.25) is 6.41 Å². The molecule has 0 unspecified atom stereocenters. The molecule has 4 nitrogen and oxygen atoms in total. The molecule has 4 heteroatoms. The molecule has 0 aliphatic carbocycles. The van der Waals surface area contributed by atoms with Crippen LogP contribution < -0.4 is 5.73 Å². The second kappa shape index (κ2) is 5.69. The molecule has 1 rings (SSSR count). The van der Waals surface area contributed by atoms with Crippen LogP contribution in [0.4, 0.5) is 0 Å². The summed E-state index contributed by atoms with van der Waals surface area (Å²) in [6.45, 7) is 3.90. The molecule has 0 aromatic carbocycles. The molecule has 1 aliphatic rings. The van der Waals surface area contributed by atoms with Crippen LogP contribution in [-0.2, 0) is 4.79 Å². The van der Waals surface area contributed by atoms with E-state index in [0.29, 0.717) is 13.1 Å². The Balaban J connectivity index is 0.000000292. The molecule has 0 radical (unpaired) electrons. The predicted octanol–water partition coefficient (Wildman–Crippen LogP) is -0.437. The maximum atomic E-state index is 9.87. The Bertz CT molecular complexity index is 146. The van der Waals surface area contributed by atoms with Crippen molar-refractivity contribution in [3.63, 3.8) is 0 Å². The molecule has 1 aliphatic heterocycles. The number of likely N-dealkylation sites (tertiary alicyclic amines) is 1. The number of hydrogen-bond donors (Lipinski definition) is 1. The van der Waals surface area contributed by atoms with Crippen molar-refractivity contribution >= 4 is 6.41 Å². The van der Waals surface area contributed by atoms with E-state index < -0.39 is 0 Å². The number of carbonyl (C=O) groups excluding carboxylic acids is 1. The van der Waals surface area contributed by atoms with Gasteiger partial charge in [0.1, 0.15) is 0 Å². The van der Waals surface area contributed by atoms with Crippen LogP contribution in [0.15, 0.2) is 0 Å². The fraction of sp³-hybridized carbons (Fsp3) is 0.714. The summed E-state index contributed by atoms with van der Waals surface area (Å²) < 4.78 is 0. The van der Waals surface area contributed by atoms with E-state index in [-0.39, 0.29) is 5.92 Å². The van der Waals surface area contributed by atoms with Gasteiger partial charge in [-0.15, -0.1) is 0 Å². The molecule has 1 saturated heterocycles. The van der Waals surface area contributed by atoms with E-state index >= 15 is 0 Å². The quantitative estimate of drug-likeness (QED) is 0.522. The molecule has 0 bridgehead atoms. The number of hydrogen-bond acceptors (Lipinski definition) is 3. The smallest absolute Gasteiger partial charge is 0.209 e. The maximum absolute atomic E-state index is 9.87. The van der Waals surface area contributed by atoms with Gasteiger partial charge >= 0.3 is 0 Å². The first-order valence-electron chi connectivity index (χ1n) is 3.57. The van der Waals surface area contributed by atoms with E-state index in [0.717, 1.165) is 13.0 Å². The molecule has 1 heterocycles. The Hall–Kier alpha value is -1.08. The molecule has 0 atom stereocenters. The van der Waals surface area contributed by atoms with Crippen LogP contribution >= 0.6 is 0 Å². The SMILES string of the molecule is CCN.N#CC1CN(C=O)C1. The average Bonchev–Trinajstić information content (AvgIpc) is 1.88. The van der Waals surface area contributed by atoms with Crippen LogP contribution in [0.5, 0.6) is 0 Å². The first kappa shape index (κ1) is 9.92. The third-order valence-electron chi connectivity index (χ3n) is 1.24. The monoisotopic (exact) mass is 155 g/mol. The molecule has 2 N–H and O–H groups in total. The van der Waals surface area contributed by atoms with E-state index in [4.69, 9.17) is 11.0 Å². The van der Waals surface area contributed by atoms with Crippen LogP contribution in [0.3, 0.4) is 0 Å². The number of amides is 1. The number of carbonyl (C=O) groups is 1. The normalized spacial score (nSPS) is 15.5.